The van der Waals surface area contributed by atoms with E-state index in [-0.39, 0.29) is 0 Å². The van der Waals surface area contributed by atoms with Crippen molar-refractivity contribution in [1.82, 2.24) is 4.98 Å². The van der Waals surface area contributed by atoms with Crippen molar-refractivity contribution < 1.29 is 0 Å². The first-order valence-electron chi connectivity index (χ1n) is 10.2. The van der Waals surface area contributed by atoms with Crippen LogP contribution in [0.25, 0.3) is 11.3 Å². The lowest BCUT2D eigenvalue weighted by molar-refractivity contribution is 0.735. The van der Waals surface area contributed by atoms with Crippen LogP contribution in [0.4, 0.5) is 17.1 Å². The minimum atomic E-state index is 0.496. The van der Waals surface area contributed by atoms with Gasteiger partial charge in [-0.1, -0.05) is 74.5 Å². The largest absolute Gasteiger partial charge is 0.310 e. The molecule has 0 spiro atoms. The Kier molecular flexibility index (Phi) is 5.71. The number of hydrogen-bond donors (Lipinski definition) is 0. The second-order valence-corrected chi connectivity index (χ2v) is 7.30. The molecule has 144 valence electrons. The first-order chi connectivity index (χ1) is 14.3. The van der Waals surface area contributed by atoms with Crippen LogP contribution in [0.5, 0.6) is 0 Å². The van der Waals surface area contributed by atoms with Crippen LogP contribution >= 0.6 is 0 Å². The molecule has 0 fully saturated rings. The molecule has 0 bridgehead atoms. The lowest BCUT2D eigenvalue weighted by Gasteiger charge is -2.26. The molecule has 4 aromatic rings. The van der Waals surface area contributed by atoms with Gasteiger partial charge in [-0.25, -0.2) is 0 Å². The second-order valence-electron chi connectivity index (χ2n) is 7.30. The van der Waals surface area contributed by atoms with Crippen molar-refractivity contribution in [3.05, 3.63) is 109 Å². The number of benzene rings is 3. The molecule has 3 aromatic carbocycles. The van der Waals surface area contributed by atoms with E-state index in [0.717, 1.165) is 29.2 Å². The van der Waals surface area contributed by atoms with Gasteiger partial charge in [0.05, 0.1) is 5.69 Å². The molecule has 0 saturated carbocycles. The van der Waals surface area contributed by atoms with Crippen LogP contribution in [-0.4, -0.2) is 4.98 Å². The minimum absolute atomic E-state index is 0.496. The summed E-state index contributed by atoms with van der Waals surface area (Å²) in [7, 11) is 0. The van der Waals surface area contributed by atoms with Crippen molar-refractivity contribution in [2.24, 2.45) is 0 Å². The van der Waals surface area contributed by atoms with Gasteiger partial charge in [-0.2, -0.15) is 0 Å². The maximum absolute atomic E-state index is 4.73. The lowest BCUT2D eigenvalue weighted by Crippen LogP contribution is -2.10. The Hall–Kier alpha value is -3.39. The van der Waals surface area contributed by atoms with Gasteiger partial charge in [0.25, 0.3) is 0 Å². The fraction of sp³-hybridized carbons (Fsp3) is 0.148. The minimum Gasteiger partial charge on any atom is -0.310 e. The van der Waals surface area contributed by atoms with Gasteiger partial charge in [-0.05, 0) is 54.3 Å². The van der Waals surface area contributed by atoms with Crippen molar-refractivity contribution >= 4 is 17.1 Å². The molecule has 2 nitrogen and oxygen atoms in total. The Bertz CT molecular complexity index is 1020. The first-order valence-corrected chi connectivity index (χ1v) is 10.2. The average Bonchev–Trinajstić information content (AvgIpc) is 2.80. The molecule has 0 radical (unpaired) electrons. The van der Waals surface area contributed by atoms with Gasteiger partial charge < -0.3 is 4.90 Å². The average molecular weight is 379 g/mol. The Labute approximate surface area is 173 Å². The zero-order chi connectivity index (χ0) is 20.1. The van der Waals surface area contributed by atoms with Crippen molar-refractivity contribution in [1.29, 1.82) is 0 Å². The number of para-hydroxylation sites is 2. The highest BCUT2D eigenvalue weighted by Crippen LogP contribution is 2.37. The molecule has 0 aliphatic rings. The zero-order valence-electron chi connectivity index (χ0n) is 17.0. The summed E-state index contributed by atoms with van der Waals surface area (Å²) in [6.45, 7) is 4.51. The van der Waals surface area contributed by atoms with Crippen LogP contribution in [0, 0.1) is 0 Å². The predicted molar refractivity (Wildman–Crippen MR) is 123 cm³/mol. The van der Waals surface area contributed by atoms with Crippen molar-refractivity contribution in [2.45, 2.75) is 26.2 Å². The Morgan fingerprint density at radius 2 is 1.31 bits per heavy atom. The molecular weight excluding hydrogens is 352 g/mol. The van der Waals surface area contributed by atoms with E-state index in [1.54, 1.807) is 0 Å². The molecule has 1 heterocycles. The van der Waals surface area contributed by atoms with E-state index >= 15 is 0 Å². The summed E-state index contributed by atoms with van der Waals surface area (Å²) in [5.41, 5.74) is 6.94. The van der Waals surface area contributed by atoms with Crippen LogP contribution in [0.3, 0.4) is 0 Å². The maximum atomic E-state index is 4.73. The third-order valence-corrected chi connectivity index (χ3v) is 5.41. The maximum Gasteiger partial charge on any atom is 0.0725 e. The van der Waals surface area contributed by atoms with Crippen molar-refractivity contribution in [2.75, 3.05) is 4.90 Å². The van der Waals surface area contributed by atoms with E-state index in [1.807, 2.05) is 18.3 Å². The van der Waals surface area contributed by atoms with E-state index in [0.29, 0.717) is 5.92 Å². The van der Waals surface area contributed by atoms with Gasteiger partial charge in [0.2, 0.25) is 0 Å². The SMILES string of the molecule is CCC(C)c1ccccc1-c1cc(N(c2ccccc2)c2ccccc2)ccn1. The summed E-state index contributed by atoms with van der Waals surface area (Å²) in [5.74, 6) is 0.496. The Morgan fingerprint density at radius 1 is 0.724 bits per heavy atom. The molecule has 0 saturated heterocycles. The summed E-state index contributed by atoms with van der Waals surface area (Å²) in [6, 6.07) is 33.9. The normalized spacial score (nSPS) is 11.8. The molecule has 2 heteroatoms. The van der Waals surface area contributed by atoms with Crippen LogP contribution in [0.2, 0.25) is 0 Å². The highest BCUT2D eigenvalue weighted by atomic mass is 15.1. The number of rotatable bonds is 6. The van der Waals surface area contributed by atoms with Crippen LogP contribution in [0.1, 0.15) is 31.7 Å². The summed E-state index contributed by atoms with van der Waals surface area (Å²) in [6.07, 6.45) is 3.02. The molecular formula is C27H26N2. The number of nitrogens with zero attached hydrogens (tertiary/aromatic N) is 2. The van der Waals surface area contributed by atoms with Gasteiger partial charge in [0, 0.05) is 28.8 Å². The number of aromatic nitrogens is 1. The molecule has 4 rings (SSSR count). The molecule has 0 aliphatic heterocycles. The predicted octanol–water partition coefficient (Wildman–Crippen LogP) is 7.73. The highest BCUT2D eigenvalue weighted by molar-refractivity contribution is 5.79. The van der Waals surface area contributed by atoms with E-state index in [1.165, 1.54) is 11.1 Å². The fourth-order valence-electron chi connectivity index (χ4n) is 3.69. The van der Waals surface area contributed by atoms with Crippen molar-refractivity contribution in [3.63, 3.8) is 0 Å². The topological polar surface area (TPSA) is 16.1 Å². The molecule has 0 aliphatic carbocycles. The second kappa shape index (κ2) is 8.74. The quantitative estimate of drug-likeness (QED) is 0.341. The van der Waals surface area contributed by atoms with Crippen LogP contribution in [-0.2, 0) is 0 Å². The summed E-state index contributed by atoms with van der Waals surface area (Å²) in [5, 5.41) is 0. The molecule has 1 aromatic heterocycles. The Morgan fingerprint density at radius 3 is 1.93 bits per heavy atom. The fourth-order valence-corrected chi connectivity index (χ4v) is 3.69. The zero-order valence-corrected chi connectivity index (χ0v) is 17.0. The smallest absolute Gasteiger partial charge is 0.0725 e. The third kappa shape index (κ3) is 4.07. The van der Waals surface area contributed by atoms with Gasteiger partial charge in [0.1, 0.15) is 0 Å². The standard InChI is InChI=1S/C27H26N2/c1-3-21(2)25-16-10-11-17-26(25)27-20-24(18-19-28-27)29(22-12-6-4-7-13-22)23-14-8-5-9-15-23/h4-21H,3H2,1-2H3. The number of pyridine rings is 1. The van der Waals surface area contributed by atoms with E-state index in [2.05, 4.69) is 104 Å². The lowest BCUT2D eigenvalue weighted by atomic mass is 9.92. The molecule has 29 heavy (non-hydrogen) atoms. The molecule has 0 N–H and O–H groups in total. The third-order valence-electron chi connectivity index (χ3n) is 5.41. The molecule has 1 atom stereocenters. The van der Waals surface area contributed by atoms with Crippen molar-refractivity contribution in [3.8, 4) is 11.3 Å². The monoisotopic (exact) mass is 378 g/mol. The van der Waals surface area contributed by atoms with E-state index in [4.69, 9.17) is 4.98 Å². The summed E-state index contributed by atoms with van der Waals surface area (Å²) >= 11 is 0. The Balaban J connectivity index is 1.84. The van der Waals surface area contributed by atoms with Crippen LogP contribution < -0.4 is 4.90 Å². The van der Waals surface area contributed by atoms with Gasteiger partial charge >= 0.3 is 0 Å². The van der Waals surface area contributed by atoms with E-state index < -0.39 is 0 Å². The van der Waals surface area contributed by atoms with E-state index in [9.17, 15) is 0 Å². The van der Waals surface area contributed by atoms with Gasteiger partial charge in [-0.3, -0.25) is 4.98 Å². The number of hydrogen-bond acceptors (Lipinski definition) is 2. The first kappa shape index (κ1) is 18.9. The van der Waals surface area contributed by atoms with Gasteiger partial charge in [0.15, 0.2) is 0 Å². The van der Waals surface area contributed by atoms with Gasteiger partial charge in [-0.15, -0.1) is 0 Å². The summed E-state index contributed by atoms with van der Waals surface area (Å²) in [4.78, 5) is 7.00. The number of anilines is 3. The van der Waals surface area contributed by atoms with Crippen LogP contribution in [0.15, 0.2) is 103 Å². The molecule has 1 unspecified atom stereocenters. The highest BCUT2D eigenvalue weighted by Gasteiger charge is 2.15. The summed E-state index contributed by atoms with van der Waals surface area (Å²) < 4.78 is 0. The molecule has 0 amide bonds.